The number of carbonyl (C=O) groups is 1. The summed E-state index contributed by atoms with van der Waals surface area (Å²) in [5.74, 6) is 0.124. The van der Waals surface area contributed by atoms with Gasteiger partial charge in [0.25, 0.3) is 0 Å². The van der Waals surface area contributed by atoms with Crippen LogP contribution >= 0.6 is 11.3 Å². The highest BCUT2D eigenvalue weighted by Crippen LogP contribution is 2.13. The summed E-state index contributed by atoms with van der Waals surface area (Å²) in [4.78, 5) is 12.9. The Kier molecular flexibility index (Phi) is 6.89. The third-order valence-electron chi connectivity index (χ3n) is 2.67. The van der Waals surface area contributed by atoms with E-state index in [9.17, 15) is 4.79 Å². The number of amides is 1. The van der Waals surface area contributed by atoms with Crippen LogP contribution in [0.15, 0.2) is 17.5 Å². The van der Waals surface area contributed by atoms with E-state index in [0.717, 1.165) is 19.3 Å². The van der Waals surface area contributed by atoms with Crippen molar-refractivity contribution in [3.63, 3.8) is 0 Å². The van der Waals surface area contributed by atoms with Crippen LogP contribution < -0.4 is 11.1 Å². The van der Waals surface area contributed by atoms with Crippen LogP contribution in [0.3, 0.4) is 0 Å². The first kappa shape index (κ1) is 14.2. The maximum absolute atomic E-state index is 11.4. The lowest BCUT2D eigenvalue weighted by Gasteiger charge is -2.10. The molecule has 96 valence electrons. The quantitative estimate of drug-likeness (QED) is 0.699. The summed E-state index contributed by atoms with van der Waals surface area (Å²) >= 11 is 1.81. The van der Waals surface area contributed by atoms with Crippen molar-refractivity contribution in [2.24, 2.45) is 5.73 Å². The number of carbonyl (C=O) groups excluding carboxylic acids is 1. The fraction of sp³-hybridized carbons (Fsp3) is 0.615. The van der Waals surface area contributed by atoms with Gasteiger partial charge in [0.05, 0.1) is 0 Å². The molecular formula is C13H22N2OS. The second kappa shape index (κ2) is 8.25. The molecule has 3 nitrogen and oxygen atoms in total. The largest absolute Gasteiger partial charge is 0.352 e. The van der Waals surface area contributed by atoms with Crippen molar-refractivity contribution in [3.05, 3.63) is 22.4 Å². The predicted octanol–water partition coefficient (Wildman–Crippen LogP) is 2.31. The van der Waals surface area contributed by atoms with Gasteiger partial charge in [0.1, 0.15) is 0 Å². The highest BCUT2D eigenvalue weighted by molar-refractivity contribution is 7.09. The van der Waals surface area contributed by atoms with Gasteiger partial charge in [-0.1, -0.05) is 12.5 Å². The van der Waals surface area contributed by atoms with Crippen molar-refractivity contribution in [3.8, 4) is 0 Å². The van der Waals surface area contributed by atoms with Gasteiger partial charge in [-0.3, -0.25) is 4.79 Å². The number of rotatable bonds is 8. The Morgan fingerprint density at radius 2 is 2.29 bits per heavy atom. The van der Waals surface area contributed by atoms with Crippen LogP contribution in [-0.4, -0.2) is 18.5 Å². The Bertz CT molecular complexity index is 311. The number of nitrogens with one attached hydrogen (secondary N) is 1. The third kappa shape index (κ3) is 6.44. The maximum Gasteiger partial charge on any atom is 0.220 e. The monoisotopic (exact) mass is 254 g/mol. The van der Waals surface area contributed by atoms with Gasteiger partial charge in [-0.15, -0.1) is 11.3 Å². The van der Waals surface area contributed by atoms with Gasteiger partial charge in [-0.25, -0.2) is 0 Å². The van der Waals surface area contributed by atoms with Crippen LogP contribution in [0.5, 0.6) is 0 Å². The van der Waals surface area contributed by atoms with Crippen molar-refractivity contribution in [2.45, 2.75) is 45.1 Å². The molecule has 0 aliphatic carbocycles. The molecule has 1 aromatic heterocycles. The van der Waals surface area contributed by atoms with Crippen molar-refractivity contribution < 1.29 is 4.79 Å². The SMILES string of the molecule is C[C@@H](CN)NC(=O)CCCCCc1cccs1. The Morgan fingerprint density at radius 1 is 1.47 bits per heavy atom. The van der Waals surface area contributed by atoms with Gasteiger partial charge in [-0.2, -0.15) is 0 Å². The molecule has 1 rings (SSSR count). The van der Waals surface area contributed by atoms with Crippen LogP contribution in [0, 0.1) is 0 Å². The number of aryl methyl sites for hydroxylation is 1. The van der Waals surface area contributed by atoms with Gasteiger partial charge in [0, 0.05) is 23.9 Å². The lowest BCUT2D eigenvalue weighted by Crippen LogP contribution is -2.37. The summed E-state index contributed by atoms with van der Waals surface area (Å²) < 4.78 is 0. The standard InChI is InChI=1S/C13H22N2OS/c1-11(10-14)15-13(16)8-4-2-3-6-12-7-5-9-17-12/h5,7,9,11H,2-4,6,8,10,14H2,1H3,(H,15,16)/t11-/m0/s1. The van der Waals surface area contributed by atoms with Gasteiger partial charge >= 0.3 is 0 Å². The fourth-order valence-electron chi connectivity index (χ4n) is 1.62. The lowest BCUT2D eigenvalue weighted by molar-refractivity contribution is -0.121. The third-order valence-corrected chi connectivity index (χ3v) is 3.60. The van der Waals surface area contributed by atoms with Gasteiger partial charge in [0.2, 0.25) is 5.91 Å². The van der Waals surface area contributed by atoms with Crippen molar-refractivity contribution >= 4 is 17.2 Å². The minimum atomic E-state index is 0.0913. The second-order valence-corrected chi connectivity index (χ2v) is 5.38. The topological polar surface area (TPSA) is 55.1 Å². The number of thiophene rings is 1. The van der Waals surface area contributed by atoms with E-state index in [2.05, 4.69) is 22.8 Å². The maximum atomic E-state index is 11.4. The van der Waals surface area contributed by atoms with Crippen molar-refractivity contribution in [1.29, 1.82) is 0 Å². The van der Waals surface area contributed by atoms with Crippen LogP contribution in [0.1, 0.15) is 37.5 Å². The summed E-state index contributed by atoms with van der Waals surface area (Å²) in [5.41, 5.74) is 5.44. The molecule has 0 radical (unpaired) electrons. The summed E-state index contributed by atoms with van der Waals surface area (Å²) in [7, 11) is 0. The molecule has 0 spiro atoms. The first-order valence-corrected chi connectivity index (χ1v) is 7.12. The van der Waals surface area contributed by atoms with E-state index in [0.29, 0.717) is 13.0 Å². The van der Waals surface area contributed by atoms with Crippen molar-refractivity contribution in [2.75, 3.05) is 6.54 Å². The summed E-state index contributed by atoms with van der Waals surface area (Å²) in [6, 6.07) is 4.34. The Balaban J connectivity index is 1.98. The van der Waals surface area contributed by atoms with E-state index < -0.39 is 0 Å². The molecule has 1 heterocycles. The first-order chi connectivity index (χ1) is 8.22. The molecule has 1 atom stereocenters. The summed E-state index contributed by atoms with van der Waals surface area (Å²) in [5, 5.41) is 4.98. The number of hydrogen-bond acceptors (Lipinski definition) is 3. The predicted molar refractivity (Wildman–Crippen MR) is 73.2 cm³/mol. The molecule has 0 saturated carbocycles. The normalized spacial score (nSPS) is 12.4. The zero-order valence-electron chi connectivity index (χ0n) is 10.4. The minimum Gasteiger partial charge on any atom is -0.352 e. The molecule has 0 saturated heterocycles. The lowest BCUT2D eigenvalue weighted by atomic mass is 10.1. The smallest absolute Gasteiger partial charge is 0.220 e. The van der Waals surface area contributed by atoms with Gasteiger partial charge in [0.15, 0.2) is 0 Å². The first-order valence-electron chi connectivity index (χ1n) is 6.24. The van der Waals surface area contributed by atoms with E-state index in [1.54, 1.807) is 11.3 Å². The van der Waals surface area contributed by atoms with Crippen LogP contribution in [-0.2, 0) is 11.2 Å². The zero-order chi connectivity index (χ0) is 12.5. The molecule has 0 unspecified atom stereocenters. The summed E-state index contributed by atoms with van der Waals surface area (Å²) in [6.45, 7) is 2.43. The van der Waals surface area contributed by atoms with Crippen LogP contribution in [0.4, 0.5) is 0 Å². The molecule has 0 bridgehead atoms. The van der Waals surface area contributed by atoms with Crippen molar-refractivity contribution in [1.82, 2.24) is 5.32 Å². The van der Waals surface area contributed by atoms with Gasteiger partial charge in [-0.05, 0) is 37.6 Å². The van der Waals surface area contributed by atoms with E-state index >= 15 is 0 Å². The summed E-state index contributed by atoms with van der Waals surface area (Å²) in [6.07, 6.45) is 5.00. The van der Waals surface area contributed by atoms with Crippen LogP contribution in [0.2, 0.25) is 0 Å². The highest BCUT2D eigenvalue weighted by Gasteiger charge is 2.04. The molecule has 1 aromatic rings. The molecule has 0 aliphatic rings. The molecule has 1 amide bonds. The molecule has 17 heavy (non-hydrogen) atoms. The Morgan fingerprint density at radius 3 is 2.94 bits per heavy atom. The second-order valence-electron chi connectivity index (χ2n) is 4.34. The number of nitrogens with two attached hydrogens (primary N) is 1. The molecule has 3 N–H and O–H groups in total. The fourth-order valence-corrected chi connectivity index (χ4v) is 2.37. The van der Waals surface area contributed by atoms with E-state index in [-0.39, 0.29) is 11.9 Å². The molecular weight excluding hydrogens is 232 g/mol. The Hall–Kier alpha value is -0.870. The van der Waals surface area contributed by atoms with E-state index in [4.69, 9.17) is 5.73 Å². The molecule has 4 heteroatoms. The average Bonchev–Trinajstić information content (AvgIpc) is 2.81. The van der Waals surface area contributed by atoms with E-state index in [1.165, 1.54) is 11.3 Å². The Labute approximate surface area is 107 Å². The molecule has 0 fully saturated rings. The molecule has 0 aromatic carbocycles. The molecule has 0 aliphatic heterocycles. The van der Waals surface area contributed by atoms with Gasteiger partial charge < -0.3 is 11.1 Å². The average molecular weight is 254 g/mol. The minimum absolute atomic E-state index is 0.0913. The number of hydrogen-bond donors (Lipinski definition) is 2. The zero-order valence-corrected chi connectivity index (χ0v) is 11.3. The van der Waals surface area contributed by atoms with E-state index in [1.807, 2.05) is 6.92 Å². The highest BCUT2D eigenvalue weighted by atomic mass is 32.1. The number of unbranched alkanes of at least 4 members (excludes halogenated alkanes) is 2. The van der Waals surface area contributed by atoms with Crippen LogP contribution in [0.25, 0.3) is 0 Å².